The third-order valence-corrected chi connectivity index (χ3v) is 3.75. The predicted octanol–water partition coefficient (Wildman–Crippen LogP) is 4.04. The van der Waals surface area contributed by atoms with Gasteiger partial charge in [-0.15, -0.1) is 5.10 Å². The molecular weight excluding hydrogens is 312 g/mol. The molecule has 0 radical (unpaired) electrons. The van der Waals surface area contributed by atoms with Crippen LogP contribution in [0.5, 0.6) is 0 Å². The van der Waals surface area contributed by atoms with Gasteiger partial charge in [0.25, 0.3) is 0 Å². The summed E-state index contributed by atoms with van der Waals surface area (Å²) >= 11 is 0. The Kier molecular flexibility index (Phi) is 5.04. The summed E-state index contributed by atoms with van der Waals surface area (Å²) in [4.78, 5) is 12.1. The first-order chi connectivity index (χ1) is 12.1. The van der Waals surface area contributed by atoms with E-state index in [0.717, 1.165) is 16.9 Å². The topological polar surface area (TPSA) is 59.8 Å². The summed E-state index contributed by atoms with van der Waals surface area (Å²) in [5.41, 5.74) is 3.58. The summed E-state index contributed by atoms with van der Waals surface area (Å²) in [6.45, 7) is 4.18. The molecule has 25 heavy (non-hydrogen) atoms. The number of hydrogen-bond acceptors (Lipinski definition) is 3. The molecule has 1 N–H and O–H groups in total. The molecule has 3 rings (SSSR count). The molecule has 1 aromatic heterocycles. The van der Waals surface area contributed by atoms with Crippen molar-refractivity contribution in [2.45, 2.75) is 19.8 Å². The van der Waals surface area contributed by atoms with E-state index in [1.807, 2.05) is 54.6 Å². The molecule has 2 aromatic carbocycles. The van der Waals surface area contributed by atoms with E-state index in [1.54, 1.807) is 17.0 Å². The van der Waals surface area contributed by atoms with Gasteiger partial charge in [-0.05, 0) is 35.8 Å². The molecule has 5 heteroatoms. The highest BCUT2D eigenvalue weighted by molar-refractivity contribution is 6.02. The van der Waals surface area contributed by atoms with Gasteiger partial charge in [-0.25, -0.2) is 4.68 Å². The smallest absolute Gasteiger partial charge is 0.248 e. The molecule has 3 aromatic rings. The number of benzene rings is 2. The van der Waals surface area contributed by atoms with E-state index in [2.05, 4.69) is 29.5 Å². The highest BCUT2D eigenvalue weighted by atomic mass is 16.1. The van der Waals surface area contributed by atoms with Crippen molar-refractivity contribution in [3.05, 3.63) is 78.1 Å². The monoisotopic (exact) mass is 332 g/mol. The van der Waals surface area contributed by atoms with E-state index in [1.165, 1.54) is 6.08 Å². The summed E-state index contributed by atoms with van der Waals surface area (Å²) in [6, 6.07) is 17.3. The molecule has 0 bridgehead atoms. The summed E-state index contributed by atoms with van der Waals surface area (Å²) in [6.07, 6.45) is 5.07. The Morgan fingerprint density at radius 1 is 1.12 bits per heavy atom. The predicted molar refractivity (Wildman–Crippen MR) is 99.6 cm³/mol. The van der Waals surface area contributed by atoms with Crippen LogP contribution < -0.4 is 5.32 Å². The highest BCUT2D eigenvalue weighted by Gasteiger charge is 2.10. The first-order valence-corrected chi connectivity index (χ1v) is 8.18. The number of nitrogens with zero attached hydrogens (tertiary/aromatic N) is 3. The molecule has 0 aliphatic rings. The van der Waals surface area contributed by atoms with Gasteiger partial charge in [-0.1, -0.05) is 55.5 Å². The quantitative estimate of drug-likeness (QED) is 0.717. The molecule has 0 spiro atoms. The van der Waals surface area contributed by atoms with Crippen molar-refractivity contribution in [2.24, 2.45) is 0 Å². The first-order valence-electron chi connectivity index (χ1n) is 8.18. The van der Waals surface area contributed by atoms with Gasteiger partial charge in [0, 0.05) is 11.8 Å². The molecule has 1 heterocycles. The summed E-state index contributed by atoms with van der Waals surface area (Å²) in [7, 11) is 0. The Morgan fingerprint density at radius 3 is 2.68 bits per heavy atom. The molecule has 0 atom stereocenters. The first kappa shape index (κ1) is 16.6. The second-order valence-corrected chi connectivity index (χ2v) is 6.01. The molecule has 0 aliphatic heterocycles. The van der Waals surface area contributed by atoms with Crippen molar-refractivity contribution in [1.29, 1.82) is 0 Å². The molecular formula is C20H20N4O. The molecule has 0 saturated heterocycles. The standard InChI is InChI=1S/C20H20N4O/c1-15(2)19-14-21-23-24(19)18-10-6-9-17(13-18)22-20(25)12-11-16-7-4-3-5-8-16/h3-15H,1-2H3,(H,22,25)/b12-11+. The summed E-state index contributed by atoms with van der Waals surface area (Å²) in [5, 5.41) is 11.0. The number of nitrogens with one attached hydrogen (secondary N) is 1. The van der Waals surface area contributed by atoms with Gasteiger partial charge in [0.05, 0.1) is 17.6 Å². The van der Waals surface area contributed by atoms with E-state index in [-0.39, 0.29) is 5.91 Å². The summed E-state index contributed by atoms with van der Waals surface area (Å²) < 4.78 is 1.79. The van der Waals surface area contributed by atoms with Gasteiger partial charge in [0.15, 0.2) is 0 Å². The van der Waals surface area contributed by atoms with E-state index in [4.69, 9.17) is 0 Å². The largest absolute Gasteiger partial charge is 0.322 e. The zero-order chi connectivity index (χ0) is 17.6. The normalized spacial score (nSPS) is 11.2. The second kappa shape index (κ2) is 7.57. The Bertz CT molecular complexity index is 881. The molecule has 126 valence electrons. The maximum Gasteiger partial charge on any atom is 0.248 e. The zero-order valence-corrected chi connectivity index (χ0v) is 14.3. The average Bonchev–Trinajstić information content (AvgIpc) is 3.11. The number of rotatable bonds is 5. The van der Waals surface area contributed by atoms with Crippen LogP contribution in [-0.2, 0) is 4.79 Å². The fourth-order valence-electron chi connectivity index (χ4n) is 2.47. The lowest BCUT2D eigenvalue weighted by molar-refractivity contribution is -0.111. The van der Waals surface area contributed by atoms with E-state index in [9.17, 15) is 4.79 Å². The van der Waals surface area contributed by atoms with Crippen LogP contribution in [-0.4, -0.2) is 20.9 Å². The number of anilines is 1. The van der Waals surface area contributed by atoms with Crippen LogP contribution in [0.3, 0.4) is 0 Å². The Balaban J connectivity index is 1.75. The number of carbonyl (C=O) groups excluding carboxylic acids is 1. The van der Waals surface area contributed by atoms with Gasteiger partial charge in [0.2, 0.25) is 5.91 Å². The molecule has 0 aliphatic carbocycles. The van der Waals surface area contributed by atoms with Crippen LogP contribution in [0, 0.1) is 0 Å². The Labute approximate surface area is 147 Å². The minimum atomic E-state index is -0.177. The van der Waals surface area contributed by atoms with Crippen molar-refractivity contribution in [1.82, 2.24) is 15.0 Å². The molecule has 1 amide bonds. The van der Waals surface area contributed by atoms with Crippen molar-refractivity contribution >= 4 is 17.7 Å². The van der Waals surface area contributed by atoms with E-state index < -0.39 is 0 Å². The van der Waals surface area contributed by atoms with Gasteiger partial charge < -0.3 is 5.32 Å². The number of hydrogen-bond donors (Lipinski definition) is 1. The van der Waals surface area contributed by atoms with Gasteiger partial charge >= 0.3 is 0 Å². The lowest BCUT2D eigenvalue weighted by atomic mass is 10.1. The minimum Gasteiger partial charge on any atom is -0.322 e. The maximum atomic E-state index is 12.1. The van der Waals surface area contributed by atoms with E-state index >= 15 is 0 Å². The number of carbonyl (C=O) groups is 1. The zero-order valence-electron chi connectivity index (χ0n) is 14.3. The number of amides is 1. The molecule has 0 unspecified atom stereocenters. The fourth-order valence-corrected chi connectivity index (χ4v) is 2.47. The van der Waals surface area contributed by atoms with Crippen LogP contribution in [0.4, 0.5) is 5.69 Å². The van der Waals surface area contributed by atoms with Crippen molar-refractivity contribution in [2.75, 3.05) is 5.32 Å². The summed E-state index contributed by atoms with van der Waals surface area (Å²) in [5.74, 6) is 0.130. The Morgan fingerprint density at radius 2 is 1.92 bits per heavy atom. The third kappa shape index (κ3) is 4.20. The minimum absolute atomic E-state index is 0.177. The fraction of sp³-hybridized carbons (Fsp3) is 0.150. The van der Waals surface area contributed by atoms with Crippen molar-refractivity contribution in [3.8, 4) is 5.69 Å². The van der Waals surface area contributed by atoms with Crippen LogP contribution in [0.1, 0.15) is 31.0 Å². The van der Waals surface area contributed by atoms with Crippen LogP contribution in [0.15, 0.2) is 66.9 Å². The molecule has 5 nitrogen and oxygen atoms in total. The number of aromatic nitrogens is 3. The SMILES string of the molecule is CC(C)c1cnnn1-c1cccc(NC(=O)/C=C/c2ccccc2)c1. The molecule has 0 fully saturated rings. The van der Waals surface area contributed by atoms with Crippen LogP contribution >= 0.6 is 0 Å². The third-order valence-electron chi connectivity index (χ3n) is 3.75. The van der Waals surface area contributed by atoms with E-state index in [0.29, 0.717) is 11.6 Å². The molecule has 0 saturated carbocycles. The average molecular weight is 332 g/mol. The lowest BCUT2D eigenvalue weighted by Crippen LogP contribution is -2.09. The Hall–Kier alpha value is -3.21. The van der Waals surface area contributed by atoms with Gasteiger partial charge in [-0.2, -0.15) is 0 Å². The van der Waals surface area contributed by atoms with Crippen molar-refractivity contribution < 1.29 is 4.79 Å². The van der Waals surface area contributed by atoms with Crippen LogP contribution in [0.2, 0.25) is 0 Å². The van der Waals surface area contributed by atoms with Crippen molar-refractivity contribution in [3.63, 3.8) is 0 Å². The van der Waals surface area contributed by atoms with Gasteiger partial charge in [0.1, 0.15) is 0 Å². The lowest BCUT2D eigenvalue weighted by Gasteiger charge is -2.10. The van der Waals surface area contributed by atoms with Crippen LogP contribution in [0.25, 0.3) is 11.8 Å². The second-order valence-electron chi connectivity index (χ2n) is 6.01. The highest BCUT2D eigenvalue weighted by Crippen LogP contribution is 2.19. The van der Waals surface area contributed by atoms with Gasteiger partial charge in [-0.3, -0.25) is 4.79 Å². The maximum absolute atomic E-state index is 12.1.